The van der Waals surface area contributed by atoms with E-state index in [-0.39, 0.29) is 39.9 Å². The van der Waals surface area contributed by atoms with Gasteiger partial charge in [0.2, 0.25) is 0 Å². The van der Waals surface area contributed by atoms with Crippen LogP contribution >= 0.6 is 11.3 Å². The van der Waals surface area contributed by atoms with Crippen LogP contribution in [-0.2, 0) is 32.5 Å². The molecule has 1 aliphatic heterocycles. The molecule has 0 atom stereocenters. The monoisotopic (exact) mass is 561 g/mol. The number of amides is 2. The van der Waals surface area contributed by atoms with Crippen LogP contribution in [0.2, 0.25) is 0 Å². The Kier molecular flexibility index (Phi) is 7.97. The number of hydrogen-bond acceptors (Lipinski definition) is 8. The van der Waals surface area contributed by atoms with E-state index >= 15 is 0 Å². The summed E-state index contributed by atoms with van der Waals surface area (Å²) in [6, 6.07) is 10.2. The van der Waals surface area contributed by atoms with E-state index in [2.05, 4.69) is 10.0 Å². The number of ether oxygens (including phenoxy) is 2. The highest BCUT2D eigenvalue weighted by Crippen LogP contribution is 2.38. The Labute approximate surface area is 222 Å². The molecule has 2 amide bonds. The molecule has 0 unspecified atom stereocenters. The van der Waals surface area contributed by atoms with E-state index in [1.165, 1.54) is 24.1 Å². The van der Waals surface area contributed by atoms with Gasteiger partial charge in [-0.15, -0.1) is 11.3 Å². The standard InChI is InChI=1S/C25H24FN3O7S2/c1-3-36-25(32)29-13-12-18-20(14-29)37-23(21(18)24(31)35-2)27-22(30)17-6-4-5-7-19(17)28-38(33,34)16-10-8-15(26)9-11-16/h4-11,28H,3,12-14H2,1-2H3,(H,27,30). The average molecular weight is 562 g/mol. The molecular formula is C25H24FN3O7S2. The summed E-state index contributed by atoms with van der Waals surface area (Å²) in [5.74, 6) is -1.91. The smallest absolute Gasteiger partial charge is 0.410 e. The minimum Gasteiger partial charge on any atom is -0.465 e. The second-order valence-corrected chi connectivity index (χ2v) is 10.9. The molecule has 200 valence electrons. The summed E-state index contributed by atoms with van der Waals surface area (Å²) in [6.07, 6.45) is -0.113. The third-order valence-electron chi connectivity index (χ3n) is 5.74. The molecule has 4 rings (SSSR count). The number of benzene rings is 2. The van der Waals surface area contributed by atoms with Gasteiger partial charge in [0.1, 0.15) is 10.8 Å². The van der Waals surface area contributed by atoms with Crippen LogP contribution in [0.3, 0.4) is 0 Å². The summed E-state index contributed by atoms with van der Waals surface area (Å²) in [5, 5.41) is 2.92. The van der Waals surface area contributed by atoms with Gasteiger partial charge in [-0.1, -0.05) is 12.1 Å². The molecule has 13 heteroatoms. The van der Waals surface area contributed by atoms with Crippen LogP contribution in [0.4, 0.5) is 19.9 Å². The summed E-state index contributed by atoms with van der Waals surface area (Å²) in [7, 11) is -2.90. The molecule has 0 spiro atoms. The number of carbonyl (C=O) groups is 3. The highest BCUT2D eigenvalue weighted by molar-refractivity contribution is 7.92. The SMILES string of the molecule is CCOC(=O)N1CCc2c(sc(NC(=O)c3ccccc3NS(=O)(=O)c3ccc(F)cc3)c2C(=O)OC)C1. The van der Waals surface area contributed by atoms with Gasteiger partial charge in [0.15, 0.2) is 0 Å². The molecular weight excluding hydrogens is 537 g/mol. The highest BCUT2D eigenvalue weighted by atomic mass is 32.2. The molecule has 2 heterocycles. The predicted molar refractivity (Wildman–Crippen MR) is 138 cm³/mol. The van der Waals surface area contributed by atoms with Gasteiger partial charge in [-0.05, 0) is 55.3 Å². The van der Waals surface area contributed by atoms with Crippen molar-refractivity contribution >= 4 is 50.0 Å². The van der Waals surface area contributed by atoms with E-state index in [1.54, 1.807) is 19.1 Å². The lowest BCUT2D eigenvalue weighted by atomic mass is 10.0. The Morgan fingerprint density at radius 3 is 2.50 bits per heavy atom. The number of para-hydroxylation sites is 1. The van der Waals surface area contributed by atoms with Crippen LogP contribution in [0.1, 0.15) is 38.1 Å². The first-order valence-corrected chi connectivity index (χ1v) is 13.8. The Balaban J connectivity index is 1.62. The Bertz CT molecular complexity index is 1490. The summed E-state index contributed by atoms with van der Waals surface area (Å²) in [6.45, 7) is 2.46. The summed E-state index contributed by atoms with van der Waals surface area (Å²) in [4.78, 5) is 40.2. The van der Waals surface area contributed by atoms with Gasteiger partial charge in [0, 0.05) is 11.4 Å². The molecule has 2 aromatic carbocycles. The van der Waals surface area contributed by atoms with Crippen molar-refractivity contribution < 1.29 is 36.7 Å². The molecule has 2 N–H and O–H groups in total. The maximum Gasteiger partial charge on any atom is 0.410 e. The predicted octanol–water partition coefficient (Wildman–Crippen LogP) is 4.24. The van der Waals surface area contributed by atoms with Crippen LogP contribution in [-0.4, -0.2) is 51.5 Å². The van der Waals surface area contributed by atoms with Crippen LogP contribution in [0.25, 0.3) is 0 Å². The number of methoxy groups -OCH3 is 1. The van der Waals surface area contributed by atoms with Crippen molar-refractivity contribution in [1.29, 1.82) is 0 Å². The largest absolute Gasteiger partial charge is 0.465 e. The molecule has 3 aromatic rings. The average Bonchev–Trinajstić information content (AvgIpc) is 3.25. The molecule has 0 fully saturated rings. The maximum atomic E-state index is 13.3. The molecule has 1 aromatic heterocycles. The Morgan fingerprint density at radius 2 is 1.82 bits per heavy atom. The fourth-order valence-electron chi connectivity index (χ4n) is 3.94. The zero-order valence-corrected chi connectivity index (χ0v) is 22.1. The van der Waals surface area contributed by atoms with E-state index in [9.17, 15) is 27.2 Å². The number of esters is 1. The van der Waals surface area contributed by atoms with Gasteiger partial charge < -0.3 is 19.7 Å². The van der Waals surface area contributed by atoms with E-state index in [4.69, 9.17) is 9.47 Å². The first-order valence-electron chi connectivity index (χ1n) is 11.5. The van der Waals surface area contributed by atoms with Crippen molar-refractivity contribution in [1.82, 2.24) is 4.90 Å². The summed E-state index contributed by atoms with van der Waals surface area (Å²) >= 11 is 1.13. The minimum atomic E-state index is -4.12. The lowest BCUT2D eigenvalue weighted by molar-refractivity contribution is 0.0600. The van der Waals surface area contributed by atoms with Crippen LogP contribution in [0.15, 0.2) is 53.4 Å². The number of hydrogen-bond donors (Lipinski definition) is 2. The van der Waals surface area contributed by atoms with Crippen molar-refractivity contribution in [3.05, 3.63) is 75.9 Å². The van der Waals surface area contributed by atoms with Crippen LogP contribution in [0, 0.1) is 5.82 Å². The van der Waals surface area contributed by atoms with Gasteiger partial charge in [0.05, 0.1) is 42.0 Å². The highest BCUT2D eigenvalue weighted by Gasteiger charge is 2.31. The van der Waals surface area contributed by atoms with Crippen molar-refractivity contribution in [2.75, 3.05) is 30.3 Å². The maximum absolute atomic E-state index is 13.3. The van der Waals surface area contributed by atoms with Gasteiger partial charge >= 0.3 is 12.1 Å². The first-order chi connectivity index (χ1) is 18.1. The molecule has 38 heavy (non-hydrogen) atoms. The number of carbonyl (C=O) groups excluding carboxylic acids is 3. The number of sulfonamides is 1. The van der Waals surface area contributed by atoms with Crippen LogP contribution < -0.4 is 10.0 Å². The minimum absolute atomic E-state index is 0.00600. The molecule has 0 bridgehead atoms. The number of nitrogens with zero attached hydrogens (tertiary/aromatic N) is 1. The van der Waals surface area contributed by atoms with Crippen molar-refractivity contribution in [3.8, 4) is 0 Å². The number of fused-ring (bicyclic) bond motifs is 1. The molecule has 1 aliphatic rings. The summed E-state index contributed by atoms with van der Waals surface area (Å²) in [5.41, 5.74) is 0.842. The first kappa shape index (κ1) is 27.1. The van der Waals surface area contributed by atoms with E-state index in [0.29, 0.717) is 23.4 Å². The van der Waals surface area contributed by atoms with Crippen LogP contribution in [0.5, 0.6) is 0 Å². The summed E-state index contributed by atoms with van der Waals surface area (Å²) < 4.78 is 51.3. The lowest BCUT2D eigenvalue weighted by Gasteiger charge is -2.26. The fraction of sp³-hybridized carbons (Fsp3) is 0.240. The lowest BCUT2D eigenvalue weighted by Crippen LogP contribution is -2.36. The third-order valence-corrected chi connectivity index (χ3v) is 8.25. The Hall–Kier alpha value is -3.97. The van der Waals surface area contributed by atoms with Gasteiger partial charge in [0.25, 0.3) is 15.9 Å². The van der Waals surface area contributed by atoms with Gasteiger partial charge in [-0.2, -0.15) is 0 Å². The normalized spacial score (nSPS) is 12.9. The van der Waals surface area contributed by atoms with Gasteiger partial charge in [-0.3, -0.25) is 9.52 Å². The Morgan fingerprint density at radius 1 is 1.11 bits per heavy atom. The zero-order chi connectivity index (χ0) is 27.4. The second kappa shape index (κ2) is 11.2. The fourth-order valence-corrected chi connectivity index (χ4v) is 6.26. The third kappa shape index (κ3) is 5.63. The molecule has 0 radical (unpaired) electrons. The number of halogens is 1. The number of rotatable bonds is 7. The number of nitrogens with one attached hydrogen (secondary N) is 2. The molecule has 0 saturated heterocycles. The van der Waals surface area contributed by atoms with E-state index < -0.39 is 33.8 Å². The molecule has 0 saturated carbocycles. The second-order valence-electron chi connectivity index (χ2n) is 8.13. The molecule has 10 nitrogen and oxygen atoms in total. The van der Waals surface area contributed by atoms with Crippen molar-refractivity contribution in [3.63, 3.8) is 0 Å². The topological polar surface area (TPSA) is 131 Å². The van der Waals surface area contributed by atoms with Gasteiger partial charge in [-0.25, -0.2) is 22.4 Å². The van der Waals surface area contributed by atoms with E-state index in [1.807, 2.05) is 0 Å². The van der Waals surface area contributed by atoms with E-state index in [0.717, 1.165) is 35.6 Å². The quantitative estimate of drug-likeness (QED) is 0.413. The van der Waals surface area contributed by atoms with Crippen molar-refractivity contribution in [2.45, 2.75) is 24.8 Å². The number of anilines is 2. The molecule has 0 aliphatic carbocycles. The zero-order valence-electron chi connectivity index (χ0n) is 20.4. The van der Waals surface area contributed by atoms with Crippen molar-refractivity contribution in [2.24, 2.45) is 0 Å². The number of thiophene rings is 1.